The zero-order valence-corrected chi connectivity index (χ0v) is 24.0. The van der Waals surface area contributed by atoms with Crippen LogP contribution in [0.1, 0.15) is 63.7 Å². The summed E-state index contributed by atoms with van der Waals surface area (Å²) in [7, 11) is 0. The lowest BCUT2D eigenvalue weighted by molar-refractivity contribution is -0.275. The summed E-state index contributed by atoms with van der Waals surface area (Å²) in [6.07, 6.45) is -0.323. The number of carbonyl (C=O) groups excluding carboxylic acids is 2. The average molecular weight is 599 g/mol. The summed E-state index contributed by atoms with van der Waals surface area (Å²) in [5.41, 5.74) is -2.14. The number of piperidine rings is 1. The average Bonchev–Trinajstić information content (AvgIpc) is 3.12. The lowest BCUT2D eigenvalue weighted by atomic mass is 9.96. The minimum atomic E-state index is -4.96. The Kier molecular flexibility index (Phi) is 8.65. The van der Waals surface area contributed by atoms with E-state index in [0.29, 0.717) is 18.4 Å². The van der Waals surface area contributed by atoms with Gasteiger partial charge in [0.15, 0.2) is 17.1 Å². The Morgan fingerprint density at radius 3 is 2.27 bits per heavy atom. The first-order chi connectivity index (χ1) is 19.0. The van der Waals surface area contributed by atoms with Crippen molar-refractivity contribution in [1.29, 1.82) is 0 Å². The molecule has 224 valence electrons. The molecule has 2 saturated heterocycles. The molecular formula is C28H34ClF3N4O5. The second-order valence-corrected chi connectivity index (χ2v) is 12.0. The molecule has 2 aliphatic heterocycles. The molecular weight excluding hydrogens is 565 g/mol. The number of ether oxygens (including phenoxy) is 2. The highest BCUT2D eigenvalue weighted by Gasteiger charge is 2.43. The predicted molar refractivity (Wildman–Crippen MR) is 146 cm³/mol. The van der Waals surface area contributed by atoms with Crippen LogP contribution in [0.2, 0.25) is 5.02 Å². The standard InChI is InChI=1S/C28H34ClF3N4O5/c1-26(2,39)15-34-24(37)16-5-10-23(33-14-16)36-19-7-8-20(36)13-18(12-19)35-25(38)27(3,4)40-21-9-6-17(29)11-22(21)41-28(30,31)32/h5-6,9-11,14,18-20,39H,7-8,12-13,15H2,1-4H3,(H,34,37)(H,35,38)/t18-,19+,20-. The van der Waals surface area contributed by atoms with E-state index in [4.69, 9.17) is 16.3 Å². The van der Waals surface area contributed by atoms with Crippen molar-refractivity contribution in [3.05, 3.63) is 47.1 Å². The number of halogens is 4. The lowest BCUT2D eigenvalue weighted by Gasteiger charge is -2.40. The van der Waals surface area contributed by atoms with Crippen LogP contribution < -0.4 is 25.0 Å². The van der Waals surface area contributed by atoms with Crippen LogP contribution >= 0.6 is 11.6 Å². The second kappa shape index (κ2) is 11.6. The van der Waals surface area contributed by atoms with E-state index in [1.54, 1.807) is 26.0 Å². The Labute approximate surface area is 241 Å². The molecule has 2 bridgehead atoms. The van der Waals surface area contributed by atoms with Gasteiger partial charge in [-0.1, -0.05) is 11.6 Å². The molecule has 4 rings (SSSR count). The van der Waals surface area contributed by atoms with E-state index < -0.39 is 29.2 Å². The number of amides is 2. The smallest absolute Gasteiger partial charge is 0.474 e. The van der Waals surface area contributed by atoms with Gasteiger partial charge in [-0.15, -0.1) is 13.2 Å². The van der Waals surface area contributed by atoms with Gasteiger partial charge in [0.1, 0.15) is 5.82 Å². The molecule has 13 heteroatoms. The van der Waals surface area contributed by atoms with Crippen LogP contribution in [0, 0.1) is 0 Å². The van der Waals surface area contributed by atoms with Crippen LogP contribution in [-0.2, 0) is 4.79 Å². The van der Waals surface area contributed by atoms with Gasteiger partial charge in [-0.05, 0) is 77.6 Å². The molecule has 2 aromatic rings. The SMILES string of the molecule is CC(C)(O)CNC(=O)c1ccc(N2[C@@H]3CC[C@H]2C[C@@H](NC(=O)C(C)(C)Oc2ccc(Cl)cc2OC(F)(F)F)C3)nc1. The zero-order chi connectivity index (χ0) is 30.2. The van der Waals surface area contributed by atoms with E-state index in [2.05, 4.69) is 25.3 Å². The molecule has 2 amide bonds. The summed E-state index contributed by atoms with van der Waals surface area (Å²) in [5, 5.41) is 15.5. The molecule has 3 N–H and O–H groups in total. The third kappa shape index (κ3) is 7.94. The van der Waals surface area contributed by atoms with Crippen LogP contribution in [-0.4, -0.2) is 64.1 Å². The fourth-order valence-electron chi connectivity index (χ4n) is 5.19. The van der Waals surface area contributed by atoms with Crippen molar-refractivity contribution >= 4 is 29.2 Å². The molecule has 0 saturated carbocycles. The Morgan fingerprint density at radius 2 is 1.71 bits per heavy atom. The summed E-state index contributed by atoms with van der Waals surface area (Å²) in [6, 6.07) is 7.13. The number of pyridine rings is 1. The Bertz CT molecular complexity index is 1250. The zero-order valence-electron chi connectivity index (χ0n) is 23.2. The third-order valence-electron chi connectivity index (χ3n) is 7.07. The number of benzene rings is 1. The number of hydrogen-bond acceptors (Lipinski definition) is 7. The fraction of sp³-hybridized carbons (Fsp3) is 0.536. The summed E-state index contributed by atoms with van der Waals surface area (Å²) >= 11 is 5.83. The normalized spacial score (nSPS) is 20.9. The summed E-state index contributed by atoms with van der Waals surface area (Å²) in [6.45, 7) is 6.27. The fourth-order valence-corrected chi connectivity index (χ4v) is 5.35. The number of anilines is 1. The maximum atomic E-state index is 13.2. The molecule has 0 unspecified atom stereocenters. The molecule has 0 spiro atoms. The van der Waals surface area contributed by atoms with Gasteiger partial charge in [0.2, 0.25) is 0 Å². The van der Waals surface area contributed by atoms with E-state index in [0.717, 1.165) is 24.7 Å². The van der Waals surface area contributed by atoms with Gasteiger partial charge in [-0.25, -0.2) is 4.98 Å². The maximum Gasteiger partial charge on any atom is 0.573 e. The highest BCUT2D eigenvalue weighted by Crippen LogP contribution is 2.39. The van der Waals surface area contributed by atoms with Gasteiger partial charge >= 0.3 is 6.36 Å². The van der Waals surface area contributed by atoms with Gasteiger partial charge in [-0.2, -0.15) is 0 Å². The van der Waals surface area contributed by atoms with Gasteiger partial charge in [-0.3, -0.25) is 9.59 Å². The number of aliphatic hydroxyl groups is 1. The number of nitrogens with one attached hydrogen (secondary N) is 2. The number of hydrogen-bond donors (Lipinski definition) is 3. The highest BCUT2D eigenvalue weighted by atomic mass is 35.5. The van der Waals surface area contributed by atoms with Crippen LogP contribution in [0.4, 0.5) is 19.0 Å². The second-order valence-electron chi connectivity index (χ2n) is 11.6. The van der Waals surface area contributed by atoms with E-state index >= 15 is 0 Å². The van der Waals surface area contributed by atoms with Crippen molar-refractivity contribution in [3.63, 3.8) is 0 Å². The minimum absolute atomic E-state index is 0.0271. The van der Waals surface area contributed by atoms with Crippen molar-refractivity contribution in [2.75, 3.05) is 11.4 Å². The monoisotopic (exact) mass is 598 g/mol. The molecule has 3 atom stereocenters. The Hall–Kier alpha value is -3.25. The van der Waals surface area contributed by atoms with Crippen LogP contribution in [0.25, 0.3) is 0 Å². The van der Waals surface area contributed by atoms with E-state index in [9.17, 15) is 27.9 Å². The summed E-state index contributed by atoms with van der Waals surface area (Å²) in [5.74, 6) is -0.945. The molecule has 41 heavy (non-hydrogen) atoms. The number of rotatable bonds is 9. The van der Waals surface area contributed by atoms with E-state index in [1.807, 2.05) is 0 Å². The van der Waals surface area contributed by atoms with Crippen molar-refractivity contribution < 1.29 is 37.3 Å². The molecule has 1 aromatic heterocycles. The number of fused-ring (bicyclic) bond motifs is 2. The van der Waals surface area contributed by atoms with Crippen LogP contribution in [0.15, 0.2) is 36.5 Å². The first-order valence-electron chi connectivity index (χ1n) is 13.3. The van der Waals surface area contributed by atoms with Crippen molar-refractivity contribution in [2.24, 2.45) is 0 Å². The molecule has 1 aromatic carbocycles. The number of aromatic nitrogens is 1. The predicted octanol–water partition coefficient (Wildman–Crippen LogP) is 4.61. The van der Waals surface area contributed by atoms with Gasteiger partial charge < -0.3 is 30.1 Å². The minimum Gasteiger partial charge on any atom is -0.474 e. The highest BCUT2D eigenvalue weighted by molar-refractivity contribution is 6.30. The Morgan fingerprint density at radius 1 is 1.05 bits per heavy atom. The van der Waals surface area contributed by atoms with Crippen molar-refractivity contribution in [3.8, 4) is 11.5 Å². The van der Waals surface area contributed by atoms with Gasteiger partial charge in [0, 0.05) is 42.0 Å². The van der Waals surface area contributed by atoms with Gasteiger partial charge in [0.25, 0.3) is 11.8 Å². The van der Waals surface area contributed by atoms with E-state index in [-0.39, 0.29) is 41.3 Å². The largest absolute Gasteiger partial charge is 0.573 e. The molecule has 3 heterocycles. The van der Waals surface area contributed by atoms with E-state index in [1.165, 1.54) is 32.2 Å². The van der Waals surface area contributed by atoms with Crippen LogP contribution in [0.3, 0.4) is 0 Å². The maximum absolute atomic E-state index is 13.2. The first-order valence-corrected chi connectivity index (χ1v) is 13.7. The third-order valence-corrected chi connectivity index (χ3v) is 7.30. The summed E-state index contributed by atoms with van der Waals surface area (Å²) in [4.78, 5) is 32.3. The lowest BCUT2D eigenvalue weighted by Crippen LogP contribution is -2.55. The molecule has 2 aliphatic rings. The molecule has 0 aliphatic carbocycles. The molecule has 9 nitrogen and oxygen atoms in total. The van der Waals surface area contributed by atoms with Crippen molar-refractivity contribution in [2.45, 2.75) is 89.1 Å². The number of carbonyl (C=O) groups is 2. The van der Waals surface area contributed by atoms with Crippen LogP contribution in [0.5, 0.6) is 11.5 Å². The topological polar surface area (TPSA) is 113 Å². The number of alkyl halides is 3. The first kappa shape index (κ1) is 30.7. The van der Waals surface area contributed by atoms with Crippen molar-refractivity contribution in [1.82, 2.24) is 15.6 Å². The van der Waals surface area contributed by atoms with Gasteiger partial charge in [0.05, 0.1) is 11.2 Å². The molecule has 2 fully saturated rings. The molecule has 0 radical (unpaired) electrons. The number of nitrogens with zero attached hydrogens (tertiary/aromatic N) is 2. The Balaban J connectivity index is 1.37. The quantitative estimate of drug-likeness (QED) is 0.386. The summed E-state index contributed by atoms with van der Waals surface area (Å²) < 4.78 is 48.4.